The van der Waals surface area contributed by atoms with E-state index in [0.717, 1.165) is 55.2 Å². The molecule has 1 aromatic carbocycles. The molecule has 0 aliphatic carbocycles. The fraction of sp³-hybridized carbons (Fsp3) is 0.429. The lowest BCUT2D eigenvalue weighted by molar-refractivity contribution is -0.124. The van der Waals surface area contributed by atoms with Crippen LogP contribution in [0.2, 0.25) is 0 Å². The molecule has 2 aliphatic rings. The van der Waals surface area contributed by atoms with Gasteiger partial charge in [-0.2, -0.15) is 0 Å². The van der Waals surface area contributed by atoms with Crippen molar-refractivity contribution in [2.45, 2.75) is 45.4 Å². The lowest BCUT2D eigenvalue weighted by atomic mass is 9.98. The average molecular weight is 397 g/mol. The first-order valence-electron chi connectivity index (χ1n) is 9.85. The number of hydrogen-bond donors (Lipinski definition) is 1. The maximum atomic E-state index is 12.3. The van der Waals surface area contributed by atoms with E-state index in [1.54, 1.807) is 11.3 Å². The van der Waals surface area contributed by atoms with Crippen molar-refractivity contribution in [2.24, 2.45) is 0 Å². The SMILES string of the molecule is Cc1nc2sccn2c1CN1CCc2ccc(NC(=O)C3CCCO3)cc2C1. The third-order valence-electron chi connectivity index (χ3n) is 5.72. The monoisotopic (exact) mass is 396 g/mol. The molecule has 6 nitrogen and oxygen atoms in total. The highest BCUT2D eigenvalue weighted by Crippen LogP contribution is 2.26. The van der Waals surface area contributed by atoms with Crippen LogP contribution in [0.25, 0.3) is 4.96 Å². The van der Waals surface area contributed by atoms with Crippen LogP contribution < -0.4 is 5.32 Å². The van der Waals surface area contributed by atoms with Gasteiger partial charge in [-0.1, -0.05) is 6.07 Å². The minimum absolute atomic E-state index is 0.0279. The Morgan fingerprint density at radius 2 is 2.32 bits per heavy atom. The fourth-order valence-electron chi connectivity index (χ4n) is 4.18. The number of thiazole rings is 1. The number of amides is 1. The Morgan fingerprint density at radius 3 is 3.18 bits per heavy atom. The van der Waals surface area contributed by atoms with Crippen molar-refractivity contribution < 1.29 is 9.53 Å². The minimum Gasteiger partial charge on any atom is -0.368 e. The van der Waals surface area contributed by atoms with E-state index in [1.807, 2.05) is 6.07 Å². The maximum Gasteiger partial charge on any atom is 0.253 e. The Balaban J connectivity index is 1.31. The molecule has 1 atom stereocenters. The zero-order valence-electron chi connectivity index (χ0n) is 16.0. The van der Waals surface area contributed by atoms with E-state index >= 15 is 0 Å². The Bertz CT molecular complexity index is 1020. The summed E-state index contributed by atoms with van der Waals surface area (Å²) in [6.07, 6.45) is 4.60. The van der Waals surface area contributed by atoms with Crippen molar-refractivity contribution in [1.82, 2.24) is 14.3 Å². The first-order valence-corrected chi connectivity index (χ1v) is 10.7. The van der Waals surface area contributed by atoms with E-state index in [0.29, 0.717) is 6.61 Å². The van der Waals surface area contributed by atoms with Crippen molar-refractivity contribution >= 4 is 27.9 Å². The van der Waals surface area contributed by atoms with Gasteiger partial charge in [-0.3, -0.25) is 14.1 Å². The molecule has 1 amide bonds. The summed E-state index contributed by atoms with van der Waals surface area (Å²) >= 11 is 1.67. The second-order valence-electron chi connectivity index (χ2n) is 7.63. The molecule has 2 aromatic heterocycles. The van der Waals surface area contributed by atoms with Gasteiger partial charge in [0.25, 0.3) is 5.91 Å². The normalized spacial score (nSPS) is 19.8. The second kappa shape index (κ2) is 7.31. The van der Waals surface area contributed by atoms with E-state index < -0.39 is 0 Å². The molecular weight excluding hydrogens is 372 g/mol. The number of fused-ring (bicyclic) bond motifs is 2. The number of carbonyl (C=O) groups is 1. The van der Waals surface area contributed by atoms with Crippen LogP contribution in [0.5, 0.6) is 0 Å². The number of rotatable bonds is 4. The number of anilines is 1. The summed E-state index contributed by atoms with van der Waals surface area (Å²) < 4.78 is 7.69. The number of nitrogens with zero attached hydrogens (tertiary/aromatic N) is 3. The molecule has 0 bridgehead atoms. The third-order valence-corrected chi connectivity index (χ3v) is 6.48. The number of carbonyl (C=O) groups excluding carboxylic acids is 1. The molecule has 28 heavy (non-hydrogen) atoms. The molecule has 3 aromatic rings. The van der Waals surface area contributed by atoms with Gasteiger partial charge >= 0.3 is 0 Å². The van der Waals surface area contributed by atoms with E-state index in [9.17, 15) is 4.79 Å². The van der Waals surface area contributed by atoms with Crippen molar-refractivity contribution in [3.63, 3.8) is 0 Å². The number of imidazole rings is 1. The van der Waals surface area contributed by atoms with Gasteiger partial charge in [0.05, 0.1) is 11.4 Å². The molecule has 1 fully saturated rings. The largest absolute Gasteiger partial charge is 0.368 e. The molecular formula is C21H24N4O2S. The number of aromatic nitrogens is 2. The molecule has 146 valence electrons. The number of nitrogens with one attached hydrogen (secondary N) is 1. The van der Waals surface area contributed by atoms with Crippen molar-refractivity contribution in [1.29, 1.82) is 0 Å². The number of hydrogen-bond acceptors (Lipinski definition) is 5. The van der Waals surface area contributed by atoms with Gasteiger partial charge in [-0.05, 0) is 49.4 Å². The van der Waals surface area contributed by atoms with E-state index in [4.69, 9.17) is 4.74 Å². The van der Waals surface area contributed by atoms with Crippen molar-refractivity contribution in [3.05, 3.63) is 52.3 Å². The van der Waals surface area contributed by atoms with E-state index in [2.05, 4.69) is 50.2 Å². The van der Waals surface area contributed by atoms with Gasteiger partial charge < -0.3 is 10.1 Å². The molecule has 0 saturated carbocycles. The van der Waals surface area contributed by atoms with Crippen LogP contribution in [-0.2, 0) is 29.0 Å². The van der Waals surface area contributed by atoms with Crippen LogP contribution in [0.4, 0.5) is 5.69 Å². The van der Waals surface area contributed by atoms with Crippen LogP contribution in [-0.4, -0.2) is 39.4 Å². The molecule has 4 heterocycles. The summed E-state index contributed by atoms with van der Waals surface area (Å²) in [6.45, 7) is 5.57. The first-order chi connectivity index (χ1) is 13.7. The van der Waals surface area contributed by atoms with Gasteiger partial charge in [-0.15, -0.1) is 11.3 Å². The summed E-state index contributed by atoms with van der Waals surface area (Å²) in [6, 6.07) is 6.29. The summed E-state index contributed by atoms with van der Waals surface area (Å²) in [4.78, 5) is 20.5. The molecule has 0 radical (unpaired) electrons. The average Bonchev–Trinajstić information content (AvgIpc) is 3.42. The standard InChI is InChI=1S/C21H24N4O2S/c1-14-18(25-8-10-28-21(25)22-14)13-24-7-6-15-4-5-17(11-16(15)12-24)23-20(26)19-3-2-9-27-19/h4-5,8,10-11,19H,2-3,6-7,9,12-13H2,1H3,(H,23,26). The van der Waals surface area contributed by atoms with Gasteiger partial charge in [0.15, 0.2) is 4.96 Å². The summed E-state index contributed by atoms with van der Waals surface area (Å²) in [5.41, 5.74) is 5.90. The van der Waals surface area contributed by atoms with Crippen LogP contribution in [0.3, 0.4) is 0 Å². The minimum atomic E-state index is -0.301. The van der Waals surface area contributed by atoms with Crippen LogP contribution in [0.15, 0.2) is 29.8 Å². The number of ether oxygens (including phenoxy) is 1. The van der Waals surface area contributed by atoms with Gasteiger partial charge in [-0.25, -0.2) is 4.98 Å². The Labute approximate surface area is 168 Å². The van der Waals surface area contributed by atoms with Crippen molar-refractivity contribution in [3.8, 4) is 0 Å². The highest BCUT2D eigenvalue weighted by Gasteiger charge is 2.24. The predicted octanol–water partition coefficient (Wildman–Crippen LogP) is 3.38. The fourth-order valence-corrected chi connectivity index (χ4v) is 4.96. The number of benzene rings is 1. The smallest absolute Gasteiger partial charge is 0.253 e. The van der Waals surface area contributed by atoms with E-state index in [-0.39, 0.29) is 12.0 Å². The predicted molar refractivity (Wildman–Crippen MR) is 110 cm³/mol. The molecule has 2 aliphatic heterocycles. The lowest BCUT2D eigenvalue weighted by Crippen LogP contribution is -2.31. The van der Waals surface area contributed by atoms with Crippen molar-refractivity contribution in [2.75, 3.05) is 18.5 Å². The zero-order chi connectivity index (χ0) is 19.1. The quantitative estimate of drug-likeness (QED) is 0.735. The third kappa shape index (κ3) is 3.34. The summed E-state index contributed by atoms with van der Waals surface area (Å²) in [5, 5.41) is 5.11. The van der Waals surface area contributed by atoms with Gasteiger partial charge in [0.2, 0.25) is 0 Å². The Morgan fingerprint density at radius 1 is 1.39 bits per heavy atom. The summed E-state index contributed by atoms with van der Waals surface area (Å²) in [7, 11) is 0. The number of aryl methyl sites for hydroxylation is 1. The Kier molecular flexibility index (Phi) is 4.66. The van der Waals surface area contributed by atoms with E-state index in [1.165, 1.54) is 16.8 Å². The highest BCUT2D eigenvalue weighted by molar-refractivity contribution is 7.15. The van der Waals surface area contributed by atoms with Crippen LogP contribution >= 0.6 is 11.3 Å². The molecule has 1 unspecified atom stereocenters. The van der Waals surface area contributed by atoms with Gasteiger partial charge in [0, 0.05) is 43.5 Å². The highest BCUT2D eigenvalue weighted by atomic mass is 32.1. The van der Waals surface area contributed by atoms with Crippen LogP contribution in [0, 0.1) is 6.92 Å². The molecule has 7 heteroatoms. The maximum absolute atomic E-state index is 12.3. The zero-order valence-corrected chi connectivity index (χ0v) is 16.8. The van der Waals surface area contributed by atoms with Crippen LogP contribution in [0.1, 0.15) is 35.4 Å². The molecule has 1 N–H and O–H groups in total. The van der Waals surface area contributed by atoms with Gasteiger partial charge in [0.1, 0.15) is 6.10 Å². The topological polar surface area (TPSA) is 58.9 Å². The molecule has 0 spiro atoms. The molecule has 1 saturated heterocycles. The molecule has 5 rings (SSSR count). The first kappa shape index (κ1) is 17.8. The Hall–Kier alpha value is -2.22. The lowest BCUT2D eigenvalue weighted by Gasteiger charge is -2.29. The summed E-state index contributed by atoms with van der Waals surface area (Å²) in [5.74, 6) is -0.0279. The second-order valence-corrected chi connectivity index (χ2v) is 8.51.